The Hall–Kier alpha value is -0.0851. The standard InChI is InChI=1S/C7H12BFO2/c9-6-3-7(4-6)1-5(2-7)8(10)11/h5-6,10-11H,1-4H2. The van der Waals surface area contributed by atoms with E-state index in [2.05, 4.69) is 0 Å². The van der Waals surface area contributed by atoms with Crippen molar-refractivity contribution in [3.05, 3.63) is 0 Å². The molecule has 2 N–H and O–H groups in total. The van der Waals surface area contributed by atoms with E-state index in [0.29, 0.717) is 12.8 Å². The molecule has 11 heavy (non-hydrogen) atoms. The van der Waals surface area contributed by atoms with Gasteiger partial charge >= 0.3 is 7.12 Å². The number of halogens is 1. The predicted molar refractivity (Wildman–Crippen MR) is 39.7 cm³/mol. The Morgan fingerprint density at radius 3 is 2.09 bits per heavy atom. The smallest absolute Gasteiger partial charge is 0.427 e. The van der Waals surface area contributed by atoms with Crippen LogP contribution >= 0.6 is 0 Å². The molecule has 0 heterocycles. The molecule has 4 heteroatoms. The summed E-state index contributed by atoms with van der Waals surface area (Å²) in [6.45, 7) is 0. The molecule has 2 nitrogen and oxygen atoms in total. The van der Waals surface area contributed by atoms with Gasteiger partial charge in [-0.05, 0) is 36.9 Å². The van der Waals surface area contributed by atoms with Crippen molar-refractivity contribution in [2.45, 2.75) is 37.7 Å². The molecule has 62 valence electrons. The summed E-state index contributed by atoms with van der Waals surface area (Å²) in [4.78, 5) is 0. The van der Waals surface area contributed by atoms with E-state index in [4.69, 9.17) is 10.0 Å². The predicted octanol–water partition coefficient (Wildman–Crippen LogP) is 0.742. The Morgan fingerprint density at radius 2 is 1.73 bits per heavy atom. The third kappa shape index (κ3) is 1.09. The number of hydrogen-bond donors (Lipinski definition) is 2. The Balaban J connectivity index is 1.80. The topological polar surface area (TPSA) is 40.5 Å². The van der Waals surface area contributed by atoms with E-state index in [0.717, 1.165) is 12.8 Å². The Bertz CT molecular complexity index is 160. The average Bonchev–Trinajstić information content (AvgIpc) is 1.73. The summed E-state index contributed by atoms with van der Waals surface area (Å²) in [6, 6.07) is 0. The fraction of sp³-hybridized carbons (Fsp3) is 1.00. The van der Waals surface area contributed by atoms with Crippen LogP contribution in [0.5, 0.6) is 0 Å². The molecule has 0 atom stereocenters. The first-order valence-electron chi connectivity index (χ1n) is 4.12. The van der Waals surface area contributed by atoms with Gasteiger partial charge in [0.25, 0.3) is 0 Å². The molecule has 0 radical (unpaired) electrons. The van der Waals surface area contributed by atoms with Crippen molar-refractivity contribution in [1.82, 2.24) is 0 Å². The van der Waals surface area contributed by atoms with Crippen LogP contribution in [0.4, 0.5) is 4.39 Å². The lowest BCUT2D eigenvalue weighted by atomic mass is 9.43. The summed E-state index contributed by atoms with van der Waals surface area (Å²) >= 11 is 0. The van der Waals surface area contributed by atoms with Crippen LogP contribution in [0.25, 0.3) is 0 Å². The largest absolute Gasteiger partial charge is 0.454 e. The van der Waals surface area contributed by atoms with Gasteiger partial charge in [-0.15, -0.1) is 0 Å². The summed E-state index contributed by atoms with van der Waals surface area (Å²) in [6.07, 6.45) is 2.30. The van der Waals surface area contributed by atoms with Crippen molar-refractivity contribution >= 4 is 7.12 Å². The van der Waals surface area contributed by atoms with Crippen molar-refractivity contribution in [2.24, 2.45) is 5.41 Å². The minimum atomic E-state index is -1.18. The van der Waals surface area contributed by atoms with Crippen molar-refractivity contribution in [3.8, 4) is 0 Å². The van der Waals surface area contributed by atoms with Gasteiger partial charge in [-0.2, -0.15) is 0 Å². The average molecular weight is 158 g/mol. The van der Waals surface area contributed by atoms with Crippen LogP contribution in [0, 0.1) is 5.41 Å². The monoisotopic (exact) mass is 158 g/mol. The highest BCUT2D eigenvalue weighted by Gasteiger charge is 2.55. The van der Waals surface area contributed by atoms with Crippen LogP contribution in [0.15, 0.2) is 0 Å². The van der Waals surface area contributed by atoms with Gasteiger partial charge in [-0.3, -0.25) is 0 Å². The van der Waals surface area contributed by atoms with E-state index in [1.807, 2.05) is 0 Å². The molecule has 1 spiro atoms. The van der Waals surface area contributed by atoms with Crippen LogP contribution in [0.2, 0.25) is 5.82 Å². The maximum absolute atomic E-state index is 12.4. The molecule has 2 aliphatic rings. The van der Waals surface area contributed by atoms with Crippen molar-refractivity contribution in [1.29, 1.82) is 0 Å². The summed E-state index contributed by atoms with van der Waals surface area (Å²) < 4.78 is 12.4. The van der Waals surface area contributed by atoms with E-state index in [1.54, 1.807) is 0 Å². The molecular weight excluding hydrogens is 146 g/mol. The van der Waals surface area contributed by atoms with E-state index in [1.165, 1.54) is 0 Å². The molecule has 2 aliphatic carbocycles. The van der Waals surface area contributed by atoms with Crippen LogP contribution in [-0.2, 0) is 0 Å². The second-order valence-electron chi connectivity index (χ2n) is 4.09. The van der Waals surface area contributed by atoms with Gasteiger partial charge in [0.1, 0.15) is 6.17 Å². The lowest BCUT2D eigenvalue weighted by Crippen LogP contribution is -2.50. The highest BCUT2D eigenvalue weighted by molar-refractivity contribution is 6.43. The van der Waals surface area contributed by atoms with Crippen LogP contribution in [0.3, 0.4) is 0 Å². The van der Waals surface area contributed by atoms with Gasteiger partial charge in [0.05, 0.1) is 0 Å². The SMILES string of the molecule is OB(O)C1CC2(CC(F)C2)C1. The van der Waals surface area contributed by atoms with Gasteiger partial charge in [-0.25, -0.2) is 4.39 Å². The zero-order valence-corrected chi connectivity index (χ0v) is 6.33. The minimum Gasteiger partial charge on any atom is -0.427 e. The van der Waals surface area contributed by atoms with Crippen LogP contribution in [-0.4, -0.2) is 23.3 Å². The van der Waals surface area contributed by atoms with Crippen LogP contribution < -0.4 is 0 Å². The van der Waals surface area contributed by atoms with Crippen molar-refractivity contribution < 1.29 is 14.4 Å². The van der Waals surface area contributed by atoms with Gasteiger partial charge in [-0.1, -0.05) is 0 Å². The quantitative estimate of drug-likeness (QED) is 0.552. The Kier molecular flexibility index (Phi) is 1.51. The van der Waals surface area contributed by atoms with E-state index < -0.39 is 13.3 Å². The molecule has 0 aromatic heterocycles. The molecular formula is C7H12BFO2. The molecule has 0 unspecified atom stereocenters. The summed E-state index contributed by atoms with van der Waals surface area (Å²) in [5, 5.41) is 17.5. The molecule has 0 aromatic carbocycles. The molecule has 2 fully saturated rings. The fourth-order valence-electron chi connectivity index (χ4n) is 2.48. The summed E-state index contributed by atoms with van der Waals surface area (Å²) in [5.74, 6) is 0.0162. The van der Waals surface area contributed by atoms with Crippen molar-refractivity contribution in [2.75, 3.05) is 0 Å². The Labute approximate surface area is 65.6 Å². The maximum atomic E-state index is 12.4. The van der Waals surface area contributed by atoms with Gasteiger partial charge in [0, 0.05) is 0 Å². The molecule has 0 bridgehead atoms. The number of rotatable bonds is 1. The zero-order valence-electron chi connectivity index (χ0n) is 6.33. The first-order valence-corrected chi connectivity index (χ1v) is 4.12. The molecule has 2 rings (SSSR count). The second kappa shape index (κ2) is 2.20. The van der Waals surface area contributed by atoms with Crippen molar-refractivity contribution in [3.63, 3.8) is 0 Å². The molecule has 0 aromatic rings. The zero-order chi connectivity index (χ0) is 8.06. The van der Waals surface area contributed by atoms with Gasteiger partial charge < -0.3 is 10.0 Å². The van der Waals surface area contributed by atoms with Gasteiger partial charge in [0.2, 0.25) is 0 Å². The third-order valence-electron chi connectivity index (χ3n) is 3.12. The highest BCUT2D eigenvalue weighted by Crippen LogP contribution is 2.62. The summed E-state index contributed by atoms with van der Waals surface area (Å²) in [5.41, 5.74) is 0.174. The first kappa shape index (κ1) is 7.56. The first-order chi connectivity index (χ1) is 5.11. The molecule has 0 saturated heterocycles. The normalized spacial score (nSPS) is 48.3. The van der Waals surface area contributed by atoms with E-state index in [9.17, 15) is 4.39 Å². The molecule has 0 aliphatic heterocycles. The van der Waals surface area contributed by atoms with Gasteiger partial charge in [0.15, 0.2) is 0 Å². The van der Waals surface area contributed by atoms with E-state index in [-0.39, 0.29) is 11.2 Å². The summed E-state index contributed by atoms with van der Waals surface area (Å²) in [7, 11) is -1.18. The second-order valence-corrected chi connectivity index (χ2v) is 4.09. The van der Waals surface area contributed by atoms with Crippen LogP contribution in [0.1, 0.15) is 25.7 Å². The maximum Gasteiger partial charge on any atom is 0.454 e. The number of hydrogen-bond acceptors (Lipinski definition) is 2. The minimum absolute atomic E-state index is 0.0162. The van der Waals surface area contributed by atoms with E-state index >= 15 is 0 Å². The molecule has 2 saturated carbocycles. The highest BCUT2D eigenvalue weighted by atomic mass is 19.1. The molecule has 0 amide bonds. The lowest BCUT2D eigenvalue weighted by molar-refractivity contribution is -0.0460. The third-order valence-corrected chi connectivity index (χ3v) is 3.12. The Morgan fingerprint density at radius 1 is 1.18 bits per heavy atom. The fourth-order valence-corrected chi connectivity index (χ4v) is 2.48. The number of alkyl halides is 1. The lowest BCUT2D eigenvalue weighted by Gasteiger charge is -2.55.